The summed E-state index contributed by atoms with van der Waals surface area (Å²) in [5.74, 6) is -0.267. The Labute approximate surface area is 204 Å². The number of hydrogen-bond acceptors (Lipinski definition) is 7. The Morgan fingerprint density at radius 2 is 1.83 bits per heavy atom. The Morgan fingerprint density at radius 3 is 2.46 bits per heavy atom. The number of rotatable bonds is 6. The van der Waals surface area contributed by atoms with E-state index in [1.165, 1.54) is 40.7 Å². The SMILES string of the molecule is Cc1cc(C)nc(SCc2c(C(=O)N3CCCCC3C)nnn2-c2ccc(OC(F)(F)F)cc2)n1. The number of aryl methyl sites for hydroxylation is 2. The van der Waals surface area contributed by atoms with Crippen LogP contribution >= 0.6 is 11.8 Å². The van der Waals surface area contributed by atoms with Crippen LogP contribution < -0.4 is 4.74 Å². The van der Waals surface area contributed by atoms with Gasteiger partial charge in [0.15, 0.2) is 10.9 Å². The minimum Gasteiger partial charge on any atom is -0.406 e. The van der Waals surface area contributed by atoms with Crippen molar-refractivity contribution in [3.63, 3.8) is 0 Å². The van der Waals surface area contributed by atoms with Crippen molar-refractivity contribution in [1.29, 1.82) is 0 Å². The molecule has 4 rings (SSSR count). The van der Waals surface area contributed by atoms with Crippen LogP contribution in [0.15, 0.2) is 35.5 Å². The van der Waals surface area contributed by atoms with E-state index in [-0.39, 0.29) is 23.4 Å². The summed E-state index contributed by atoms with van der Waals surface area (Å²) >= 11 is 1.34. The lowest BCUT2D eigenvalue weighted by atomic mass is 10.0. The predicted molar refractivity (Wildman–Crippen MR) is 123 cm³/mol. The number of nitrogens with zero attached hydrogens (tertiary/aromatic N) is 6. The van der Waals surface area contributed by atoms with Gasteiger partial charge in [-0.3, -0.25) is 4.79 Å². The van der Waals surface area contributed by atoms with Crippen LogP contribution in [-0.2, 0) is 5.75 Å². The normalized spacial score (nSPS) is 16.4. The van der Waals surface area contributed by atoms with Gasteiger partial charge >= 0.3 is 6.36 Å². The fourth-order valence-electron chi connectivity index (χ4n) is 4.02. The van der Waals surface area contributed by atoms with E-state index in [9.17, 15) is 18.0 Å². The van der Waals surface area contributed by atoms with Crippen molar-refractivity contribution >= 4 is 17.7 Å². The van der Waals surface area contributed by atoms with Crippen LogP contribution in [0.25, 0.3) is 5.69 Å². The summed E-state index contributed by atoms with van der Waals surface area (Å²) in [7, 11) is 0. The van der Waals surface area contributed by atoms with Crippen molar-refractivity contribution in [2.24, 2.45) is 0 Å². The highest BCUT2D eigenvalue weighted by molar-refractivity contribution is 7.98. The number of carbonyl (C=O) groups is 1. The second kappa shape index (κ2) is 10.2. The van der Waals surface area contributed by atoms with Crippen molar-refractivity contribution in [3.8, 4) is 11.4 Å². The molecule has 0 aliphatic carbocycles. The summed E-state index contributed by atoms with van der Waals surface area (Å²) in [4.78, 5) is 24.1. The lowest BCUT2D eigenvalue weighted by molar-refractivity contribution is -0.274. The number of halogens is 3. The Morgan fingerprint density at radius 1 is 1.14 bits per heavy atom. The van der Waals surface area contributed by atoms with Crippen LogP contribution in [0.1, 0.15) is 53.8 Å². The molecule has 1 atom stereocenters. The molecule has 8 nitrogen and oxygen atoms in total. The van der Waals surface area contributed by atoms with Crippen molar-refractivity contribution < 1.29 is 22.7 Å². The number of carbonyl (C=O) groups excluding carboxylic acids is 1. The molecule has 0 radical (unpaired) electrons. The molecule has 1 fully saturated rings. The first kappa shape index (κ1) is 25.0. The maximum atomic E-state index is 13.4. The third kappa shape index (κ3) is 6.11. The maximum Gasteiger partial charge on any atom is 0.573 e. The predicted octanol–water partition coefficient (Wildman–Crippen LogP) is 4.88. The van der Waals surface area contributed by atoms with Gasteiger partial charge < -0.3 is 9.64 Å². The molecular weight excluding hydrogens is 481 g/mol. The average Bonchev–Trinajstić information content (AvgIpc) is 3.20. The van der Waals surface area contributed by atoms with Gasteiger partial charge in [0, 0.05) is 29.7 Å². The van der Waals surface area contributed by atoms with Crippen LogP contribution in [0.3, 0.4) is 0 Å². The summed E-state index contributed by atoms with van der Waals surface area (Å²) in [6.07, 6.45) is -1.88. The molecule has 35 heavy (non-hydrogen) atoms. The van der Waals surface area contributed by atoms with Crippen molar-refractivity contribution in [3.05, 3.63) is 53.1 Å². The largest absolute Gasteiger partial charge is 0.573 e. The number of aromatic nitrogens is 5. The highest BCUT2D eigenvalue weighted by Gasteiger charge is 2.32. The molecule has 0 bridgehead atoms. The zero-order valence-corrected chi connectivity index (χ0v) is 20.4. The number of thioether (sulfide) groups is 1. The summed E-state index contributed by atoms with van der Waals surface area (Å²) in [6.45, 7) is 6.41. The van der Waals surface area contributed by atoms with E-state index in [1.807, 2.05) is 26.8 Å². The summed E-state index contributed by atoms with van der Waals surface area (Å²) in [6, 6.07) is 7.23. The number of piperidine rings is 1. The summed E-state index contributed by atoms with van der Waals surface area (Å²) < 4.78 is 43.0. The molecule has 2 aromatic heterocycles. The van der Waals surface area contributed by atoms with Crippen molar-refractivity contribution in [2.45, 2.75) is 63.3 Å². The number of hydrogen-bond donors (Lipinski definition) is 0. The zero-order chi connectivity index (χ0) is 25.2. The zero-order valence-electron chi connectivity index (χ0n) is 19.5. The van der Waals surface area contributed by atoms with E-state index in [0.717, 1.165) is 30.7 Å². The van der Waals surface area contributed by atoms with Gasteiger partial charge in [0.1, 0.15) is 5.75 Å². The Bertz CT molecular complexity index is 1180. The first-order valence-electron chi connectivity index (χ1n) is 11.2. The molecule has 186 valence electrons. The van der Waals surface area contributed by atoms with E-state index >= 15 is 0 Å². The van der Waals surface area contributed by atoms with E-state index in [0.29, 0.717) is 28.8 Å². The second-order valence-electron chi connectivity index (χ2n) is 8.40. The average molecular weight is 507 g/mol. The molecule has 1 amide bonds. The summed E-state index contributed by atoms with van der Waals surface area (Å²) in [5.41, 5.74) is 2.83. The van der Waals surface area contributed by atoms with Crippen LogP contribution in [0.5, 0.6) is 5.75 Å². The molecule has 3 aromatic rings. The number of ether oxygens (including phenoxy) is 1. The molecule has 1 aliphatic heterocycles. The van der Waals surface area contributed by atoms with E-state index in [4.69, 9.17) is 0 Å². The first-order valence-corrected chi connectivity index (χ1v) is 12.2. The second-order valence-corrected chi connectivity index (χ2v) is 9.35. The van der Waals surface area contributed by atoms with Crippen LogP contribution in [0.4, 0.5) is 13.2 Å². The Hall–Kier alpha value is -3.15. The Kier molecular flexibility index (Phi) is 7.29. The third-order valence-corrected chi connectivity index (χ3v) is 6.50. The number of amides is 1. The van der Waals surface area contributed by atoms with Crippen LogP contribution in [0, 0.1) is 13.8 Å². The van der Waals surface area contributed by atoms with Gasteiger partial charge in [-0.15, -0.1) is 18.3 Å². The van der Waals surface area contributed by atoms with E-state index in [2.05, 4.69) is 25.0 Å². The maximum absolute atomic E-state index is 13.4. The molecule has 12 heteroatoms. The lowest BCUT2D eigenvalue weighted by Gasteiger charge is -2.33. The van der Waals surface area contributed by atoms with Gasteiger partial charge in [0.25, 0.3) is 5.91 Å². The van der Waals surface area contributed by atoms with Gasteiger partial charge in [-0.05, 0) is 70.4 Å². The quantitative estimate of drug-likeness (QED) is 0.348. The highest BCUT2D eigenvalue weighted by atomic mass is 32.2. The smallest absolute Gasteiger partial charge is 0.406 e. The number of alkyl halides is 3. The molecule has 1 aromatic carbocycles. The molecule has 1 saturated heterocycles. The molecule has 1 unspecified atom stereocenters. The summed E-state index contributed by atoms with van der Waals surface area (Å²) in [5, 5.41) is 8.92. The molecule has 1 aliphatic rings. The highest BCUT2D eigenvalue weighted by Crippen LogP contribution is 2.28. The van der Waals surface area contributed by atoms with Gasteiger partial charge in [-0.1, -0.05) is 17.0 Å². The molecule has 3 heterocycles. The topological polar surface area (TPSA) is 86.0 Å². The molecule has 0 saturated carbocycles. The fourth-order valence-corrected chi connectivity index (χ4v) is 4.96. The van der Waals surface area contributed by atoms with Crippen LogP contribution in [0.2, 0.25) is 0 Å². The monoisotopic (exact) mass is 506 g/mol. The van der Waals surface area contributed by atoms with E-state index < -0.39 is 6.36 Å². The number of benzene rings is 1. The fraction of sp³-hybridized carbons (Fsp3) is 0.435. The van der Waals surface area contributed by atoms with Gasteiger partial charge in [0.05, 0.1) is 11.4 Å². The molecule has 0 spiro atoms. The minimum absolute atomic E-state index is 0.0865. The van der Waals surface area contributed by atoms with Crippen molar-refractivity contribution in [1.82, 2.24) is 29.9 Å². The van der Waals surface area contributed by atoms with Crippen LogP contribution in [-0.4, -0.2) is 54.7 Å². The van der Waals surface area contributed by atoms with E-state index in [1.54, 1.807) is 4.90 Å². The standard InChI is InChI=1S/C23H25F3N6O2S/c1-14-12-15(2)28-22(27-14)35-13-19-20(21(33)31-11-5-4-6-16(31)3)29-30-32(19)17-7-9-18(10-8-17)34-23(24,25)26/h7-10,12,16H,4-6,11,13H2,1-3H3. The lowest BCUT2D eigenvalue weighted by Crippen LogP contribution is -2.42. The van der Waals surface area contributed by atoms with Crippen molar-refractivity contribution in [2.75, 3.05) is 6.54 Å². The first-order chi connectivity index (χ1) is 16.6. The minimum atomic E-state index is -4.78. The van der Waals surface area contributed by atoms with Gasteiger partial charge in [0.2, 0.25) is 0 Å². The molecular formula is C23H25F3N6O2S. The van der Waals surface area contributed by atoms with Gasteiger partial charge in [-0.25, -0.2) is 14.6 Å². The molecule has 0 N–H and O–H groups in total. The van der Waals surface area contributed by atoms with Gasteiger partial charge in [-0.2, -0.15) is 0 Å². The third-order valence-electron chi connectivity index (χ3n) is 5.64. The Balaban J connectivity index is 1.67. The number of likely N-dealkylation sites (tertiary alicyclic amines) is 1.